The number of carbonyl (C=O) groups excluding carboxylic acids is 1. The van der Waals surface area contributed by atoms with Gasteiger partial charge in [-0.15, -0.1) is 11.3 Å². The van der Waals surface area contributed by atoms with E-state index in [9.17, 15) is 9.90 Å². The van der Waals surface area contributed by atoms with Crippen molar-refractivity contribution in [1.82, 2.24) is 10.2 Å². The van der Waals surface area contributed by atoms with E-state index in [2.05, 4.69) is 5.32 Å². The zero-order chi connectivity index (χ0) is 14.7. The van der Waals surface area contributed by atoms with Gasteiger partial charge in [-0.2, -0.15) is 0 Å². The third-order valence-corrected chi connectivity index (χ3v) is 5.69. The number of rotatable bonds is 4. The minimum Gasteiger partial charge on any atom is -0.387 e. The van der Waals surface area contributed by atoms with Gasteiger partial charge in [0.25, 0.3) is 0 Å². The molecule has 116 valence electrons. The second-order valence-electron chi connectivity index (χ2n) is 6.12. The smallest absolute Gasteiger partial charge is 0.226 e. The summed E-state index contributed by atoms with van der Waals surface area (Å²) in [5, 5.41) is 15.6. The molecule has 4 nitrogen and oxygen atoms in total. The number of aliphatic hydroxyl groups is 1. The molecular weight excluding hydrogens is 284 g/mol. The van der Waals surface area contributed by atoms with Crippen LogP contribution in [0, 0.1) is 5.92 Å². The summed E-state index contributed by atoms with van der Waals surface area (Å²) in [6.45, 7) is 2.77. The molecule has 0 bridgehead atoms. The standard InChI is InChI=1S/C16H24N2O2S/c19-14(15-4-2-10-21-15)11-13-3-1-9-18(13)16(20)12-5-7-17-8-6-12/h2,4,10,12-14,17,19H,1,3,5-9,11H2. The third kappa shape index (κ3) is 3.47. The van der Waals surface area contributed by atoms with Crippen molar-refractivity contribution in [3.63, 3.8) is 0 Å². The van der Waals surface area contributed by atoms with Gasteiger partial charge in [-0.3, -0.25) is 4.79 Å². The molecule has 2 unspecified atom stereocenters. The van der Waals surface area contributed by atoms with Gasteiger partial charge >= 0.3 is 0 Å². The Morgan fingerprint density at radius 1 is 1.43 bits per heavy atom. The van der Waals surface area contributed by atoms with Gasteiger partial charge in [0, 0.05) is 23.4 Å². The first kappa shape index (κ1) is 15.0. The van der Waals surface area contributed by atoms with Crippen LogP contribution in [0.25, 0.3) is 0 Å². The Morgan fingerprint density at radius 3 is 2.95 bits per heavy atom. The van der Waals surface area contributed by atoms with Gasteiger partial charge in [0.15, 0.2) is 0 Å². The molecule has 2 atom stereocenters. The summed E-state index contributed by atoms with van der Waals surface area (Å²) >= 11 is 1.59. The largest absolute Gasteiger partial charge is 0.387 e. The van der Waals surface area contributed by atoms with Crippen LogP contribution in [0.1, 0.15) is 43.1 Å². The summed E-state index contributed by atoms with van der Waals surface area (Å²) in [5.41, 5.74) is 0. The molecule has 2 aliphatic rings. The summed E-state index contributed by atoms with van der Waals surface area (Å²) < 4.78 is 0. The highest BCUT2D eigenvalue weighted by atomic mass is 32.1. The molecule has 0 spiro atoms. The van der Waals surface area contributed by atoms with Gasteiger partial charge in [0.2, 0.25) is 5.91 Å². The zero-order valence-electron chi connectivity index (χ0n) is 12.3. The molecule has 1 aromatic rings. The molecule has 2 fully saturated rings. The molecule has 1 aromatic heterocycles. The van der Waals surface area contributed by atoms with Crippen LogP contribution in [0.15, 0.2) is 17.5 Å². The molecule has 0 aliphatic carbocycles. The van der Waals surface area contributed by atoms with Crippen LogP contribution < -0.4 is 5.32 Å². The lowest BCUT2D eigenvalue weighted by molar-refractivity contribution is -0.137. The maximum atomic E-state index is 12.7. The predicted molar refractivity (Wildman–Crippen MR) is 84.2 cm³/mol. The summed E-state index contributed by atoms with van der Waals surface area (Å²) in [5.74, 6) is 0.503. The topological polar surface area (TPSA) is 52.6 Å². The maximum absolute atomic E-state index is 12.7. The first-order valence-corrected chi connectivity index (χ1v) is 8.86. The second kappa shape index (κ2) is 6.90. The van der Waals surface area contributed by atoms with Crippen LogP contribution >= 0.6 is 11.3 Å². The second-order valence-corrected chi connectivity index (χ2v) is 7.10. The van der Waals surface area contributed by atoms with Crippen molar-refractivity contribution >= 4 is 17.2 Å². The Balaban J connectivity index is 1.60. The number of hydrogen-bond donors (Lipinski definition) is 2. The third-order valence-electron chi connectivity index (χ3n) is 4.72. The molecular formula is C16H24N2O2S. The average molecular weight is 308 g/mol. The minimum atomic E-state index is -0.434. The summed E-state index contributed by atoms with van der Waals surface area (Å²) in [6.07, 6.45) is 4.25. The van der Waals surface area contributed by atoms with E-state index in [0.717, 1.165) is 50.2 Å². The Morgan fingerprint density at radius 2 is 2.24 bits per heavy atom. The van der Waals surface area contributed by atoms with Gasteiger partial charge in [0.05, 0.1) is 6.10 Å². The van der Waals surface area contributed by atoms with E-state index < -0.39 is 6.10 Å². The zero-order valence-corrected chi connectivity index (χ0v) is 13.1. The average Bonchev–Trinajstić information content (AvgIpc) is 3.19. The molecule has 2 aliphatic heterocycles. The van der Waals surface area contributed by atoms with E-state index in [1.807, 2.05) is 22.4 Å². The van der Waals surface area contributed by atoms with E-state index in [1.54, 1.807) is 11.3 Å². The Hall–Kier alpha value is -0.910. The summed E-state index contributed by atoms with van der Waals surface area (Å²) in [4.78, 5) is 15.8. The molecule has 0 radical (unpaired) electrons. The van der Waals surface area contributed by atoms with Crippen molar-refractivity contribution in [3.8, 4) is 0 Å². The fraction of sp³-hybridized carbons (Fsp3) is 0.688. The van der Waals surface area contributed by atoms with Gasteiger partial charge in [-0.25, -0.2) is 0 Å². The maximum Gasteiger partial charge on any atom is 0.226 e. The fourth-order valence-electron chi connectivity index (χ4n) is 3.53. The lowest BCUT2D eigenvalue weighted by Gasteiger charge is -2.31. The molecule has 2 N–H and O–H groups in total. The molecule has 0 aromatic carbocycles. The van der Waals surface area contributed by atoms with Crippen LogP contribution in [0.2, 0.25) is 0 Å². The highest BCUT2D eigenvalue weighted by Crippen LogP contribution is 2.31. The van der Waals surface area contributed by atoms with Crippen molar-refractivity contribution in [2.45, 2.75) is 44.2 Å². The quantitative estimate of drug-likeness (QED) is 0.896. The van der Waals surface area contributed by atoms with Gasteiger partial charge < -0.3 is 15.3 Å². The van der Waals surface area contributed by atoms with Gasteiger partial charge in [-0.1, -0.05) is 6.07 Å². The summed E-state index contributed by atoms with van der Waals surface area (Å²) in [7, 11) is 0. The molecule has 3 rings (SSSR count). The number of piperidine rings is 1. The highest BCUT2D eigenvalue weighted by Gasteiger charge is 2.34. The highest BCUT2D eigenvalue weighted by molar-refractivity contribution is 7.10. The first-order chi connectivity index (χ1) is 10.3. The van der Waals surface area contributed by atoms with Crippen molar-refractivity contribution in [1.29, 1.82) is 0 Å². The number of nitrogens with one attached hydrogen (secondary N) is 1. The van der Waals surface area contributed by atoms with Gasteiger partial charge in [-0.05, 0) is 56.6 Å². The molecule has 21 heavy (non-hydrogen) atoms. The van der Waals surface area contributed by atoms with E-state index in [4.69, 9.17) is 0 Å². The van der Waals surface area contributed by atoms with Crippen molar-refractivity contribution in [2.75, 3.05) is 19.6 Å². The predicted octanol–water partition coefficient (Wildman–Crippen LogP) is 2.16. The van der Waals surface area contributed by atoms with E-state index >= 15 is 0 Å². The van der Waals surface area contributed by atoms with E-state index in [1.165, 1.54) is 0 Å². The fourth-order valence-corrected chi connectivity index (χ4v) is 4.25. The van der Waals surface area contributed by atoms with Crippen molar-refractivity contribution in [2.24, 2.45) is 5.92 Å². The lowest BCUT2D eigenvalue weighted by atomic mass is 9.95. The number of nitrogens with zero attached hydrogens (tertiary/aromatic N) is 1. The van der Waals surface area contributed by atoms with Crippen LogP contribution in [-0.2, 0) is 4.79 Å². The van der Waals surface area contributed by atoms with E-state index in [-0.39, 0.29) is 12.0 Å². The lowest BCUT2D eigenvalue weighted by Crippen LogP contribution is -2.43. The van der Waals surface area contributed by atoms with Gasteiger partial charge in [0.1, 0.15) is 0 Å². The van der Waals surface area contributed by atoms with Crippen LogP contribution in [0.5, 0.6) is 0 Å². The van der Waals surface area contributed by atoms with Crippen LogP contribution in [0.4, 0.5) is 0 Å². The number of hydrogen-bond acceptors (Lipinski definition) is 4. The number of amides is 1. The van der Waals surface area contributed by atoms with Crippen molar-refractivity contribution < 1.29 is 9.90 Å². The monoisotopic (exact) mass is 308 g/mol. The molecule has 3 heterocycles. The Kier molecular flexibility index (Phi) is 4.93. The molecule has 2 saturated heterocycles. The molecule has 0 saturated carbocycles. The summed E-state index contributed by atoms with van der Waals surface area (Å²) in [6, 6.07) is 4.16. The number of likely N-dealkylation sites (tertiary alicyclic amines) is 1. The Bertz CT molecular complexity index is 457. The number of thiophene rings is 1. The van der Waals surface area contributed by atoms with Crippen molar-refractivity contribution in [3.05, 3.63) is 22.4 Å². The van der Waals surface area contributed by atoms with Crippen LogP contribution in [-0.4, -0.2) is 41.6 Å². The normalized spacial score (nSPS) is 25.2. The Labute approximate surface area is 130 Å². The first-order valence-electron chi connectivity index (χ1n) is 7.98. The number of aliphatic hydroxyl groups excluding tert-OH is 1. The number of carbonyl (C=O) groups is 1. The molecule has 5 heteroatoms. The van der Waals surface area contributed by atoms with E-state index in [0.29, 0.717) is 12.3 Å². The minimum absolute atomic E-state index is 0.186. The van der Waals surface area contributed by atoms with Crippen LogP contribution in [0.3, 0.4) is 0 Å². The molecule has 1 amide bonds. The SMILES string of the molecule is O=C(C1CCNCC1)N1CCCC1CC(O)c1cccs1.